The number of hydrogen-bond acceptors (Lipinski definition) is 3. The summed E-state index contributed by atoms with van der Waals surface area (Å²) in [5, 5.41) is 0.346. The van der Waals surface area contributed by atoms with E-state index in [2.05, 4.69) is 0 Å². The summed E-state index contributed by atoms with van der Waals surface area (Å²) in [6.45, 7) is 3.89. The Labute approximate surface area is 90.3 Å². The molecule has 0 heterocycles. The van der Waals surface area contributed by atoms with E-state index in [1.165, 1.54) is 0 Å². The molecule has 80 valence electrons. The molecule has 1 atom stereocenters. The highest BCUT2D eigenvalue weighted by atomic mass is 35.5. The first kappa shape index (κ1) is 13.6. The molecule has 0 aliphatic rings. The van der Waals surface area contributed by atoms with Crippen LogP contribution in [-0.4, -0.2) is 36.8 Å². The van der Waals surface area contributed by atoms with Crippen molar-refractivity contribution in [3.63, 3.8) is 0 Å². The van der Waals surface area contributed by atoms with Gasteiger partial charge in [0.2, 0.25) is 0 Å². The Morgan fingerprint density at radius 2 is 2.00 bits per heavy atom. The minimum atomic E-state index is -2.80. The lowest BCUT2D eigenvalue weighted by Gasteiger charge is -2.06. The Balaban J connectivity index is 3.64. The molecular weight excluding hydrogens is 228 g/mol. The van der Waals surface area contributed by atoms with Crippen molar-refractivity contribution in [2.24, 2.45) is 0 Å². The average molecular weight is 245 g/mol. The van der Waals surface area contributed by atoms with Gasteiger partial charge in [-0.05, 0) is 6.42 Å². The fourth-order valence-electron chi connectivity index (χ4n) is 0.834. The first-order valence-electron chi connectivity index (χ1n) is 4.40. The fraction of sp³-hybridized carbons (Fsp3) is 1.00. The van der Waals surface area contributed by atoms with Crippen LogP contribution in [0.2, 0.25) is 0 Å². The van der Waals surface area contributed by atoms with Crippen LogP contribution in [0.5, 0.6) is 0 Å². The van der Waals surface area contributed by atoms with Gasteiger partial charge in [0.1, 0.15) is 0 Å². The lowest BCUT2D eigenvalue weighted by molar-refractivity contribution is 0.596. The molecule has 0 amide bonds. The molecule has 0 saturated carbocycles. The molecule has 0 N–H and O–H groups in total. The highest BCUT2D eigenvalue weighted by Crippen LogP contribution is 2.12. The van der Waals surface area contributed by atoms with Crippen LogP contribution in [0.25, 0.3) is 0 Å². The van der Waals surface area contributed by atoms with E-state index in [1.54, 1.807) is 11.8 Å². The van der Waals surface area contributed by atoms with Crippen LogP contribution in [0, 0.1) is 0 Å². The van der Waals surface area contributed by atoms with Crippen molar-refractivity contribution in [2.75, 3.05) is 23.1 Å². The van der Waals surface area contributed by atoms with Gasteiger partial charge in [-0.15, -0.1) is 11.6 Å². The van der Waals surface area contributed by atoms with Crippen molar-refractivity contribution in [1.29, 1.82) is 0 Å². The second kappa shape index (κ2) is 6.96. The minimum Gasteiger partial charge on any atom is -0.229 e. The summed E-state index contributed by atoms with van der Waals surface area (Å²) in [4.78, 5) is 0. The standard InChI is InChI=1S/C8H17ClO2S2/c1-3-5-13(10,11)6-4-12-8(2)7-9/h8H,3-7H2,1-2H3. The third-order valence-corrected chi connectivity index (χ3v) is 5.47. The van der Waals surface area contributed by atoms with E-state index < -0.39 is 9.84 Å². The van der Waals surface area contributed by atoms with Crippen molar-refractivity contribution >= 4 is 33.2 Å². The Bertz CT molecular complexity index is 214. The van der Waals surface area contributed by atoms with Crippen LogP contribution in [0.1, 0.15) is 20.3 Å². The number of alkyl halides is 1. The Morgan fingerprint density at radius 3 is 2.46 bits per heavy atom. The topological polar surface area (TPSA) is 34.1 Å². The third kappa shape index (κ3) is 7.65. The molecule has 0 aromatic heterocycles. The van der Waals surface area contributed by atoms with Crippen LogP contribution in [0.15, 0.2) is 0 Å². The van der Waals surface area contributed by atoms with E-state index in [9.17, 15) is 8.42 Å². The molecule has 0 spiro atoms. The summed E-state index contributed by atoms with van der Waals surface area (Å²) in [5.74, 6) is 1.84. The lowest BCUT2D eigenvalue weighted by Crippen LogP contribution is -2.13. The summed E-state index contributed by atoms with van der Waals surface area (Å²) in [6, 6.07) is 0. The highest BCUT2D eigenvalue weighted by Gasteiger charge is 2.09. The largest absolute Gasteiger partial charge is 0.229 e. The second-order valence-corrected chi connectivity index (χ2v) is 7.15. The summed E-state index contributed by atoms with van der Waals surface area (Å²) >= 11 is 7.21. The number of halogens is 1. The maximum atomic E-state index is 11.3. The normalized spacial score (nSPS) is 14.4. The van der Waals surface area contributed by atoms with Gasteiger partial charge in [-0.25, -0.2) is 8.42 Å². The number of rotatable bonds is 7. The molecule has 1 unspecified atom stereocenters. The molecule has 0 fully saturated rings. The smallest absolute Gasteiger partial charge is 0.151 e. The molecule has 13 heavy (non-hydrogen) atoms. The minimum absolute atomic E-state index is 0.284. The van der Waals surface area contributed by atoms with Crippen LogP contribution < -0.4 is 0 Å². The van der Waals surface area contributed by atoms with E-state index in [-0.39, 0.29) is 5.75 Å². The molecule has 0 rings (SSSR count). The molecule has 0 aliphatic heterocycles. The van der Waals surface area contributed by atoms with Gasteiger partial charge in [0.25, 0.3) is 0 Å². The first-order valence-corrected chi connectivity index (χ1v) is 7.80. The van der Waals surface area contributed by atoms with Crippen LogP contribution >= 0.6 is 23.4 Å². The maximum absolute atomic E-state index is 11.3. The van der Waals surface area contributed by atoms with Crippen LogP contribution in [-0.2, 0) is 9.84 Å². The van der Waals surface area contributed by atoms with Crippen molar-refractivity contribution < 1.29 is 8.42 Å². The highest BCUT2D eigenvalue weighted by molar-refractivity contribution is 8.01. The van der Waals surface area contributed by atoms with Gasteiger partial charge in [-0.2, -0.15) is 11.8 Å². The molecular formula is C8H17ClO2S2. The van der Waals surface area contributed by atoms with Gasteiger partial charge in [0.05, 0.1) is 5.75 Å². The van der Waals surface area contributed by atoms with Crippen molar-refractivity contribution in [3.8, 4) is 0 Å². The summed E-state index contributed by atoms with van der Waals surface area (Å²) in [6.07, 6.45) is 0.706. The first-order chi connectivity index (χ1) is 6.02. The van der Waals surface area contributed by atoms with Crippen molar-refractivity contribution in [3.05, 3.63) is 0 Å². The van der Waals surface area contributed by atoms with Gasteiger partial charge < -0.3 is 0 Å². The second-order valence-electron chi connectivity index (χ2n) is 2.99. The lowest BCUT2D eigenvalue weighted by atomic mass is 10.6. The molecule has 0 radical (unpaired) electrons. The Morgan fingerprint density at radius 1 is 1.38 bits per heavy atom. The summed E-state index contributed by atoms with van der Waals surface area (Å²) in [5.41, 5.74) is 0. The van der Waals surface area contributed by atoms with E-state index in [0.29, 0.717) is 29.1 Å². The van der Waals surface area contributed by atoms with E-state index >= 15 is 0 Å². The Hall–Kier alpha value is 0.590. The molecule has 0 aromatic rings. The summed E-state index contributed by atoms with van der Waals surface area (Å²) in [7, 11) is -2.80. The van der Waals surface area contributed by atoms with Crippen molar-refractivity contribution in [2.45, 2.75) is 25.5 Å². The SMILES string of the molecule is CCCS(=O)(=O)CCSC(C)CCl. The molecule has 0 bridgehead atoms. The Kier molecular flexibility index (Phi) is 7.27. The monoisotopic (exact) mass is 244 g/mol. The van der Waals surface area contributed by atoms with Gasteiger partial charge >= 0.3 is 0 Å². The van der Waals surface area contributed by atoms with E-state index in [4.69, 9.17) is 11.6 Å². The molecule has 0 aromatic carbocycles. The quantitative estimate of drug-likeness (QED) is 0.644. The third-order valence-electron chi connectivity index (χ3n) is 1.53. The zero-order valence-electron chi connectivity index (χ0n) is 8.12. The number of thioether (sulfide) groups is 1. The average Bonchev–Trinajstić information content (AvgIpc) is 2.03. The summed E-state index contributed by atoms with van der Waals surface area (Å²) < 4.78 is 22.5. The van der Waals surface area contributed by atoms with Gasteiger partial charge in [0.15, 0.2) is 9.84 Å². The molecule has 0 aliphatic carbocycles. The molecule has 2 nitrogen and oxygen atoms in total. The predicted molar refractivity (Wildman–Crippen MR) is 61.6 cm³/mol. The van der Waals surface area contributed by atoms with Crippen molar-refractivity contribution in [1.82, 2.24) is 0 Å². The maximum Gasteiger partial charge on any atom is 0.151 e. The number of hydrogen-bond donors (Lipinski definition) is 0. The van der Waals surface area contributed by atoms with Gasteiger partial charge in [-0.3, -0.25) is 0 Å². The zero-order valence-corrected chi connectivity index (χ0v) is 10.5. The molecule has 0 saturated heterocycles. The van der Waals surface area contributed by atoms with E-state index in [1.807, 2.05) is 13.8 Å². The van der Waals surface area contributed by atoms with E-state index in [0.717, 1.165) is 0 Å². The van der Waals surface area contributed by atoms with Gasteiger partial charge in [0, 0.05) is 22.6 Å². The van der Waals surface area contributed by atoms with Crippen LogP contribution in [0.3, 0.4) is 0 Å². The fourth-order valence-corrected chi connectivity index (χ4v) is 3.82. The van der Waals surface area contributed by atoms with Crippen LogP contribution in [0.4, 0.5) is 0 Å². The van der Waals surface area contributed by atoms with Gasteiger partial charge in [-0.1, -0.05) is 13.8 Å². The zero-order chi connectivity index (χ0) is 10.3. The molecule has 5 heteroatoms. The number of sulfone groups is 1. The predicted octanol–water partition coefficient (Wildman–Crippen LogP) is 2.17.